The molecule has 0 spiro atoms. The van der Waals surface area contributed by atoms with Gasteiger partial charge in [-0.1, -0.05) is 37.6 Å². The minimum atomic E-state index is -0.0864. The number of carbonyl (C=O) groups is 1. The van der Waals surface area contributed by atoms with Crippen LogP contribution in [0.5, 0.6) is 0 Å². The number of imidazole rings is 1. The normalized spacial score (nSPS) is 10.7. The molecule has 3 aromatic rings. The summed E-state index contributed by atoms with van der Waals surface area (Å²) >= 11 is 0. The average molecular weight is 347 g/mol. The minimum Gasteiger partial charge on any atom is -0.331 e. The van der Waals surface area contributed by atoms with Crippen molar-refractivity contribution in [1.29, 1.82) is 0 Å². The molecule has 4 heteroatoms. The molecule has 4 nitrogen and oxygen atoms in total. The van der Waals surface area contributed by atoms with E-state index in [4.69, 9.17) is 0 Å². The fourth-order valence-corrected chi connectivity index (χ4v) is 2.87. The SMILES string of the molecule is CCCCc1ccc(NC(=O)c2ccc(Cn3ccnc3C)cc2)cc1. The number of nitrogens with zero attached hydrogens (tertiary/aromatic N) is 2. The zero-order valence-corrected chi connectivity index (χ0v) is 15.4. The van der Waals surface area contributed by atoms with Gasteiger partial charge in [-0.15, -0.1) is 0 Å². The van der Waals surface area contributed by atoms with Gasteiger partial charge >= 0.3 is 0 Å². The number of amides is 1. The van der Waals surface area contributed by atoms with Gasteiger partial charge in [-0.2, -0.15) is 0 Å². The molecule has 134 valence electrons. The molecule has 0 saturated heterocycles. The first-order chi connectivity index (χ1) is 12.7. The highest BCUT2D eigenvalue weighted by atomic mass is 16.1. The van der Waals surface area contributed by atoms with Gasteiger partial charge in [0, 0.05) is 30.2 Å². The van der Waals surface area contributed by atoms with Gasteiger partial charge in [0.15, 0.2) is 0 Å². The average Bonchev–Trinajstić information content (AvgIpc) is 3.06. The third-order valence-electron chi connectivity index (χ3n) is 4.52. The lowest BCUT2D eigenvalue weighted by Crippen LogP contribution is -2.12. The van der Waals surface area contributed by atoms with Crippen molar-refractivity contribution in [2.75, 3.05) is 5.32 Å². The Bertz CT molecular complexity index is 848. The van der Waals surface area contributed by atoms with E-state index in [1.807, 2.05) is 49.5 Å². The van der Waals surface area contributed by atoms with E-state index >= 15 is 0 Å². The molecule has 0 saturated carbocycles. The van der Waals surface area contributed by atoms with Crippen molar-refractivity contribution in [1.82, 2.24) is 9.55 Å². The summed E-state index contributed by atoms with van der Waals surface area (Å²) in [6.07, 6.45) is 7.22. The summed E-state index contributed by atoms with van der Waals surface area (Å²) in [7, 11) is 0. The molecule has 0 atom stereocenters. The number of benzene rings is 2. The van der Waals surface area contributed by atoms with Crippen LogP contribution in [-0.2, 0) is 13.0 Å². The van der Waals surface area contributed by atoms with E-state index in [0.29, 0.717) is 5.56 Å². The van der Waals surface area contributed by atoms with E-state index < -0.39 is 0 Å². The highest BCUT2D eigenvalue weighted by Gasteiger charge is 2.07. The number of unbranched alkanes of at least 4 members (excludes halogenated alkanes) is 1. The molecule has 1 aromatic heterocycles. The second-order valence-electron chi connectivity index (χ2n) is 6.55. The predicted molar refractivity (Wildman–Crippen MR) is 106 cm³/mol. The van der Waals surface area contributed by atoms with Crippen molar-refractivity contribution in [2.45, 2.75) is 39.7 Å². The van der Waals surface area contributed by atoms with Crippen LogP contribution in [-0.4, -0.2) is 15.5 Å². The topological polar surface area (TPSA) is 46.9 Å². The first-order valence-corrected chi connectivity index (χ1v) is 9.12. The van der Waals surface area contributed by atoms with Crippen LogP contribution in [0.4, 0.5) is 5.69 Å². The molecular formula is C22H25N3O. The van der Waals surface area contributed by atoms with Crippen LogP contribution >= 0.6 is 0 Å². The van der Waals surface area contributed by atoms with Crippen molar-refractivity contribution in [3.8, 4) is 0 Å². The highest BCUT2D eigenvalue weighted by Crippen LogP contribution is 2.14. The van der Waals surface area contributed by atoms with Crippen LogP contribution in [0.1, 0.15) is 47.1 Å². The summed E-state index contributed by atoms with van der Waals surface area (Å²) in [5.74, 6) is 0.894. The third kappa shape index (κ3) is 4.60. The van der Waals surface area contributed by atoms with Crippen molar-refractivity contribution in [2.24, 2.45) is 0 Å². The van der Waals surface area contributed by atoms with Crippen LogP contribution in [0.2, 0.25) is 0 Å². The maximum absolute atomic E-state index is 12.4. The highest BCUT2D eigenvalue weighted by molar-refractivity contribution is 6.04. The second kappa shape index (κ2) is 8.48. The molecule has 0 aliphatic heterocycles. The molecule has 0 bridgehead atoms. The van der Waals surface area contributed by atoms with Gasteiger partial charge in [0.1, 0.15) is 5.82 Å². The molecular weight excluding hydrogens is 322 g/mol. The molecule has 1 amide bonds. The number of carbonyl (C=O) groups excluding carboxylic acids is 1. The van der Waals surface area contributed by atoms with Crippen LogP contribution in [0, 0.1) is 6.92 Å². The van der Waals surface area contributed by atoms with Gasteiger partial charge in [-0.25, -0.2) is 4.98 Å². The first kappa shape index (κ1) is 17.9. The van der Waals surface area contributed by atoms with Gasteiger partial charge in [-0.05, 0) is 55.2 Å². The largest absolute Gasteiger partial charge is 0.331 e. The van der Waals surface area contributed by atoms with Gasteiger partial charge in [0.05, 0.1) is 0 Å². The molecule has 0 aliphatic rings. The van der Waals surface area contributed by atoms with E-state index in [1.54, 1.807) is 6.20 Å². The Kier molecular flexibility index (Phi) is 5.84. The Morgan fingerprint density at radius 2 is 1.73 bits per heavy atom. The summed E-state index contributed by atoms with van der Waals surface area (Å²) < 4.78 is 2.08. The van der Waals surface area contributed by atoms with Crippen LogP contribution in [0.3, 0.4) is 0 Å². The molecule has 0 unspecified atom stereocenters. The molecule has 1 heterocycles. The number of nitrogens with one attached hydrogen (secondary N) is 1. The number of hydrogen-bond acceptors (Lipinski definition) is 2. The molecule has 1 N–H and O–H groups in total. The van der Waals surface area contributed by atoms with Crippen molar-refractivity contribution in [3.63, 3.8) is 0 Å². The maximum Gasteiger partial charge on any atom is 0.255 e. The van der Waals surface area contributed by atoms with Crippen molar-refractivity contribution >= 4 is 11.6 Å². The Labute approximate surface area is 154 Å². The number of hydrogen-bond donors (Lipinski definition) is 1. The number of anilines is 1. The Balaban J connectivity index is 1.60. The summed E-state index contributed by atoms with van der Waals surface area (Å²) in [4.78, 5) is 16.7. The lowest BCUT2D eigenvalue weighted by atomic mass is 10.1. The Morgan fingerprint density at radius 3 is 2.35 bits per heavy atom. The molecule has 0 fully saturated rings. The van der Waals surface area contributed by atoms with E-state index in [-0.39, 0.29) is 5.91 Å². The van der Waals surface area contributed by atoms with Crippen LogP contribution in [0.25, 0.3) is 0 Å². The Hall–Kier alpha value is -2.88. The fourth-order valence-electron chi connectivity index (χ4n) is 2.87. The summed E-state index contributed by atoms with van der Waals surface area (Å²) in [5, 5.41) is 2.96. The molecule has 0 radical (unpaired) electrons. The van der Waals surface area contributed by atoms with Crippen molar-refractivity contribution in [3.05, 3.63) is 83.4 Å². The van der Waals surface area contributed by atoms with Crippen molar-refractivity contribution < 1.29 is 4.79 Å². The zero-order chi connectivity index (χ0) is 18.4. The lowest BCUT2D eigenvalue weighted by Gasteiger charge is -2.08. The van der Waals surface area contributed by atoms with Gasteiger partial charge in [0.2, 0.25) is 0 Å². The fraction of sp³-hybridized carbons (Fsp3) is 0.273. The van der Waals surface area contributed by atoms with Crippen LogP contribution in [0.15, 0.2) is 60.9 Å². The van der Waals surface area contributed by atoms with E-state index in [2.05, 4.69) is 33.9 Å². The Morgan fingerprint density at radius 1 is 1.04 bits per heavy atom. The standard InChI is InChI=1S/C22H25N3O/c1-3-4-5-18-8-12-21(13-9-18)24-22(26)20-10-6-19(7-11-20)16-25-15-14-23-17(25)2/h6-15H,3-5,16H2,1-2H3,(H,24,26). The number of rotatable bonds is 7. The molecule has 3 rings (SSSR count). The monoisotopic (exact) mass is 347 g/mol. The predicted octanol–water partition coefficient (Wildman–Crippen LogP) is 4.83. The molecule has 2 aromatic carbocycles. The summed E-state index contributed by atoms with van der Waals surface area (Å²) in [5.41, 5.74) is 3.94. The number of aryl methyl sites for hydroxylation is 2. The van der Waals surface area contributed by atoms with Gasteiger partial charge in [-0.3, -0.25) is 4.79 Å². The summed E-state index contributed by atoms with van der Waals surface area (Å²) in [6.45, 7) is 4.93. The van der Waals surface area contributed by atoms with Crippen LogP contribution < -0.4 is 5.32 Å². The van der Waals surface area contributed by atoms with E-state index in [1.165, 1.54) is 18.4 Å². The third-order valence-corrected chi connectivity index (χ3v) is 4.52. The minimum absolute atomic E-state index is 0.0864. The van der Waals surface area contributed by atoms with E-state index in [9.17, 15) is 4.79 Å². The zero-order valence-electron chi connectivity index (χ0n) is 15.4. The summed E-state index contributed by atoms with van der Waals surface area (Å²) in [6, 6.07) is 15.8. The second-order valence-corrected chi connectivity index (χ2v) is 6.55. The maximum atomic E-state index is 12.4. The van der Waals surface area contributed by atoms with Gasteiger partial charge < -0.3 is 9.88 Å². The van der Waals surface area contributed by atoms with E-state index in [0.717, 1.165) is 30.0 Å². The number of aromatic nitrogens is 2. The molecule has 0 aliphatic carbocycles. The molecule has 26 heavy (non-hydrogen) atoms. The lowest BCUT2D eigenvalue weighted by molar-refractivity contribution is 0.102. The smallest absolute Gasteiger partial charge is 0.255 e. The quantitative estimate of drug-likeness (QED) is 0.665. The van der Waals surface area contributed by atoms with Gasteiger partial charge in [0.25, 0.3) is 5.91 Å². The first-order valence-electron chi connectivity index (χ1n) is 9.12.